The standard InChI is InChI=1S/C19H30N/c1-2-4-6-8-12-16(11-7-5-3-1)19-15-17-13-9-10-14-18(17)20-19/h15-16H,1-14H2. The Bertz CT molecular complexity index is 365. The van der Waals surface area contributed by atoms with Crippen LogP contribution in [0.15, 0.2) is 23.0 Å². The van der Waals surface area contributed by atoms with Crippen molar-refractivity contribution in [1.82, 2.24) is 5.32 Å². The minimum Gasteiger partial charge on any atom is -0.257 e. The molecule has 0 amide bonds. The van der Waals surface area contributed by atoms with E-state index in [1.807, 2.05) is 0 Å². The molecule has 0 unspecified atom stereocenters. The lowest BCUT2D eigenvalue weighted by Crippen LogP contribution is -2.12. The number of hydrogen-bond acceptors (Lipinski definition) is 0. The van der Waals surface area contributed by atoms with E-state index in [-0.39, 0.29) is 0 Å². The van der Waals surface area contributed by atoms with Crippen LogP contribution in [0.2, 0.25) is 0 Å². The lowest BCUT2D eigenvalue weighted by atomic mass is 9.91. The molecule has 111 valence electrons. The van der Waals surface area contributed by atoms with Gasteiger partial charge in [-0.2, -0.15) is 0 Å². The Labute approximate surface area is 124 Å². The number of rotatable bonds is 1. The predicted molar refractivity (Wildman–Crippen MR) is 85.4 cm³/mol. The molecular weight excluding hydrogens is 242 g/mol. The maximum Gasteiger partial charge on any atom is 0.0441 e. The smallest absolute Gasteiger partial charge is 0.0441 e. The van der Waals surface area contributed by atoms with Crippen LogP contribution >= 0.6 is 0 Å². The van der Waals surface area contributed by atoms with E-state index in [1.54, 1.807) is 5.57 Å². The molecule has 0 aromatic heterocycles. The van der Waals surface area contributed by atoms with Crippen LogP contribution < -0.4 is 5.32 Å². The Morgan fingerprint density at radius 2 is 1.30 bits per heavy atom. The largest absolute Gasteiger partial charge is 0.257 e. The molecule has 0 aromatic carbocycles. The van der Waals surface area contributed by atoms with Crippen molar-refractivity contribution in [2.24, 2.45) is 5.92 Å². The van der Waals surface area contributed by atoms with Crippen molar-refractivity contribution in [3.8, 4) is 0 Å². The molecule has 0 N–H and O–H groups in total. The highest BCUT2D eigenvalue weighted by Gasteiger charge is 2.25. The van der Waals surface area contributed by atoms with Gasteiger partial charge in [-0.25, -0.2) is 0 Å². The molecule has 1 saturated carbocycles. The van der Waals surface area contributed by atoms with E-state index in [1.165, 1.54) is 101 Å². The molecule has 1 aliphatic heterocycles. The zero-order chi connectivity index (χ0) is 13.6. The fraction of sp³-hybridized carbons (Fsp3) is 0.789. The highest BCUT2D eigenvalue weighted by Crippen LogP contribution is 2.36. The van der Waals surface area contributed by atoms with Gasteiger partial charge in [0.05, 0.1) is 0 Å². The van der Waals surface area contributed by atoms with Crippen molar-refractivity contribution in [2.45, 2.75) is 89.9 Å². The minimum atomic E-state index is 0.763. The quantitative estimate of drug-likeness (QED) is 0.568. The first kappa shape index (κ1) is 14.2. The van der Waals surface area contributed by atoms with Crippen molar-refractivity contribution in [2.75, 3.05) is 0 Å². The Balaban J connectivity index is 1.59. The van der Waals surface area contributed by atoms with Crippen LogP contribution in [-0.2, 0) is 0 Å². The van der Waals surface area contributed by atoms with Gasteiger partial charge in [0, 0.05) is 17.3 Å². The molecular formula is C19H30N. The average molecular weight is 272 g/mol. The normalized spacial score (nSPS) is 26.5. The summed E-state index contributed by atoms with van der Waals surface area (Å²) in [6.45, 7) is 0. The first-order chi connectivity index (χ1) is 9.93. The van der Waals surface area contributed by atoms with Crippen LogP contribution in [0.25, 0.3) is 0 Å². The van der Waals surface area contributed by atoms with Crippen molar-refractivity contribution >= 4 is 0 Å². The first-order valence-corrected chi connectivity index (χ1v) is 9.09. The molecule has 0 spiro atoms. The second-order valence-corrected chi connectivity index (χ2v) is 6.96. The van der Waals surface area contributed by atoms with Crippen LogP contribution in [-0.4, -0.2) is 0 Å². The predicted octanol–water partition coefficient (Wildman–Crippen LogP) is 5.85. The third-order valence-corrected chi connectivity index (χ3v) is 5.34. The van der Waals surface area contributed by atoms with Gasteiger partial charge in [-0.3, -0.25) is 5.32 Å². The van der Waals surface area contributed by atoms with Crippen LogP contribution in [0, 0.1) is 5.92 Å². The number of nitrogens with zero attached hydrogens (tertiary/aromatic N) is 1. The summed E-state index contributed by atoms with van der Waals surface area (Å²) in [7, 11) is 0. The van der Waals surface area contributed by atoms with Gasteiger partial charge in [0.15, 0.2) is 0 Å². The van der Waals surface area contributed by atoms with Gasteiger partial charge in [0.2, 0.25) is 0 Å². The van der Waals surface area contributed by atoms with E-state index < -0.39 is 0 Å². The topological polar surface area (TPSA) is 14.1 Å². The highest BCUT2D eigenvalue weighted by atomic mass is 14.9. The van der Waals surface area contributed by atoms with Crippen LogP contribution in [0.5, 0.6) is 0 Å². The summed E-state index contributed by atoms with van der Waals surface area (Å²) in [4.78, 5) is 0. The third-order valence-electron chi connectivity index (χ3n) is 5.34. The van der Waals surface area contributed by atoms with Gasteiger partial charge in [-0.1, -0.05) is 51.4 Å². The van der Waals surface area contributed by atoms with E-state index in [0.717, 1.165) is 5.92 Å². The second kappa shape index (κ2) is 7.33. The SMILES string of the molecule is C1=C(C2CCCCCCCCCC2)[N]C2=C1CCCC2. The van der Waals surface area contributed by atoms with Crippen LogP contribution in [0.3, 0.4) is 0 Å². The molecule has 1 fully saturated rings. The molecule has 0 atom stereocenters. The fourth-order valence-corrected chi connectivity index (χ4v) is 4.05. The first-order valence-electron chi connectivity index (χ1n) is 9.09. The maximum absolute atomic E-state index is 5.02. The number of allylic oxidation sites excluding steroid dienone is 4. The van der Waals surface area contributed by atoms with Crippen LogP contribution in [0.4, 0.5) is 0 Å². The molecule has 0 aromatic rings. The molecule has 1 heterocycles. The van der Waals surface area contributed by atoms with Gasteiger partial charge >= 0.3 is 0 Å². The molecule has 3 aliphatic rings. The van der Waals surface area contributed by atoms with Crippen molar-refractivity contribution in [3.05, 3.63) is 23.0 Å². The van der Waals surface area contributed by atoms with Gasteiger partial charge in [0.25, 0.3) is 0 Å². The zero-order valence-corrected chi connectivity index (χ0v) is 13.0. The highest BCUT2D eigenvalue weighted by molar-refractivity contribution is 5.38. The Kier molecular flexibility index (Phi) is 5.22. The van der Waals surface area contributed by atoms with Gasteiger partial charge in [-0.15, -0.1) is 0 Å². The fourth-order valence-electron chi connectivity index (χ4n) is 4.05. The molecule has 1 heteroatoms. The third kappa shape index (κ3) is 3.68. The molecule has 0 saturated heterocycles. The molecule has 20 heavy (non-hydrogen) atoms. The molecule has 1 nitrogen and oxygen atoms in total. The monoisotopic (exact) mass is 272 g/mol. The van der Waals surface area contributed by atoms with Crippen molar-refractivity contribution in [1.29, 1.82) is 0 Å². The maximum atomic E-state index is 5.02. The van der Waals surface area contributed by atoms with E-state index in [2.05, 4.69) is 6.08 Å². The van der Waals surface area contributed by atoms with E-state index >= 15 is 0 Å². The van der Waals surface area contributed by atoms with E-state index in [0.29, 0.717) is 0 Å². The summed E-state index contributed by atoms with van der Waals surface area (Å²) in [5.41, 5.74) is 4.48. The van der Waals surface area contributed by atoms with Gasteiger partial charge in [-0.05, 0) is 50.2 Å². The number of hydrogen-bond donors (Lipinski definition) is 0. The van der Waals surface area contributed by atoms with Crippen LogP contribution in [0.1, 0.15) is 89.9 Å². The molecule has 3 rings (SSSR count). The van der Waals surface area contributed by atoms with Gasteiger partial charge < -0.3 is 0 Å². The van der Waals surface area contributed by atoms with E-state index in [9.17, 15) is 0 Å². The molecule has 2 aliphatic carbocycles. The average Bonchev–Trinajstić information content (AvgIpc) is 2.87. The summed E-state index contributed by atoms with van der Waals surface area (Å²) in [6.07, 6.45) is 22.1. The lowest BCUT2D eigenvalue weighted by Gasteiger charge is -2.18. The summed E-state index contributed by atoms with van der Waals surface area (Å²) in [5, 5.41) is 5.02. The summed E-state index contributed by atoms with van der Waals surface area (Å²) in [6, 6.07) is 0. The summed E-state index contributed by atoms with van der Waals surface area (Å²) < 4.78 is 0. The van der Waals surface area contributed by atoms with Gasteiger partial charge in [0.1, 0.15) is 0 Å². The Hall–Kier alpha value is -0.720. The summed E-state index contributed by atoms with van der Waals surface area (Å²) in [5.74, 6) is 0.763. The van der Waals surface area contributed by atoms with Crippen molar-refractivity contribution in [3.63, 3.8) is 0 Å². The Morgan fingerprint density at radius 3 is 1.95 bits per heavy atom. The lowest BCUT2D eigenvalue weighted by molar-refractivity contribution is 0.450. The second-order valence-electron chi connectivity index (χ2n) is 6.96. The Morgan fingerprint density at radius 1 is 0.700 bits per heavy atom. The van der Waals surface area contributed by atoms with E-state index in [4.69, 9.17) is 5.32 Å². The summed E-state index contributed by atoms with van der Waals surface area (Å²) >= 11 is 0. The van der Waals surface area contributed by atoms with Crippen molar-refractivity contribution < 1.29 is 0 Å². The molecule has 1 radical (unpaired) electrons. The zero-order valence-electron chi connectivity index (χ0n) is 13.0. The molecule has 0 bridgehead atoms. The minimum absolute atomic E-state index is 0.763.